The number of carbonyl (C=O) groups excluding carboxylic acids is 1. The van der Waals surface area contributed by atoms with E-state index < -0.39 is 5.54 Å². The maximum Gasteiger partial charge on any atom is 0.230 e. The Balaban J connectivity index is 2.80. The number of carbonyl (C=O) groups is 1. The minimum atomic E-state index is -0.440. The molecule has 0 aromatic rings. The highest BCUT2D eigenvalue weighted by molar-refractivity contribution is 14.1. The highest BCUT2D eigenvalue weighted by Gasteiger charge is 2.52. The van der Waals surface area contributed by atoms with Gasteiger partial charge in [0.1, 0.15) is 5.54 Å². The molecule has 15 heavy (non-hydrogen) atoms. The molecule has 1 fully saturated rings. The van der Waals surface area contributed by atoms with Gasteiger partial charge in [-0.2, -0.15) is 0 Å². The smallest absolute Gasteiger partial charge is 0.230 e. The third-order valence-corrected chi connectivity index (χ3v) is 3.93. The van der Waals surface area contributed by atoms with Crippen molar-refractivity contribution in [1.29, 1.82) is 0 Å². The van der Waals surface area contributed by atoms with Crippen molar-refractivity contribution in [2.75, 3.05) is 4.43 Å². The van der Waals surface area contributed by atoms with Gasteiger partial charge in [0, 0.05) is 6.42 Å². The van der Waals surface area contributed by atoms with Crippen molar-refractivity contribution >= 4 is 28.5 Å². The molecular formula is C10H19IN2O2. The van der Waals surface area contributed by atoms with Crippen molar-refractivity contribution in [3.05, 3.63) is 5.21 Å². The number of halogens is 1. The largest absolute Gasteiger partial charge is 0.633 e. The van der Waals surface area contributed by atoms with Crippen LogP contribution in [0.2, 0.25) is 0 Å². The number of alkyl halides is 1. The molecule has 5 heteroatoms. The molecule has 1 saturated heterocycles. The number of nitrogens with one attached hydrogen (secondary N) is 2. The van der Waals surface area contributed by atoms with Crippen LogP contribution in [0, 0.1) is 5.21 Å². The zero-order chi connectivity index (χ0) is 11.9. The minimum absolute atomic E-state index is 0.0131. The summed E-state index contributed by atoms with van der Waals surface area (Å²) in [4.78, 5) is 11.3. The average Bonchev–Trinajstić information content (AvgIpc) is 2.27. The van der Waals surface area contributed by atoms with E-state index in [9.17, 15) is 10.0 Å². The molecular weight excluding hydrogens is 307 g/mol. The molecule has 2 unspecified atom stereocenters. The molecule has 1 aliphatic heterocycles. The fourth-order valence-corrected chi connectivity index (χ4v) is 2.57. The lowest BCUT2D eigenvalue weighted by Gasteiger charge is -2.41. The third kappa shape index (κ3) is 2.45. The first-order valence-electron chi connectivity index (χ1n) is 5.12. The Morgan fingerprint density at radius 3 is 2.40 bits per heavy atom. The van der Waals surface area contributed by atoms with Gasteiger partial charge in [-0.1, -0.05) is 22.6 Å². The van der Waals surface area contributed by atoms with E-state index in [1.807, 2.05) is 50.3 Å². The van der Waals surface area contributed by atoms with Crippen LogP contribution in [0.1, 0.15) is 34.1 Å². The van der Waals surface area contributed by atoms with Crippen LogP contribution in [0.15, 0.2) is 0 Å². The predicted molar refractivity (Wildman–Crippen MR) is 67.9 cm³/mol. The molecule has 0 saturated carbocycles. The zero-order valence-corrected chi connectivity index (χ0v) is 11.8. The first kappa shape index (κ1) is 13.2. The molecule has 1 aliphatic rings. The van der Waals surface area contributed by atoms with Crippen molar-refractivity contribution in [2.24, 2.45) is 0 Å². The van der Waals surface area contributed by atoms with E-state index in [1.54, 1.807) is 0 Å². The van der Waals surface area contributed by atoms with Gasteiger partial charge in [0.15, 0.2) is 0 Å². The maximum absolute atomic E-state index is 12.1. The second-order valence-electron chi connectivity index (χ2n) is 5.39. The Morgan fingerprint density at radius 2 is 2.07 bits per heavy atom. The fourth-order valence-electron chi connectivity index (χ4n) is 2.35. The highest BCUT2D eigenvalue weighted by Crippen LogP contribution is 2.24. The zero-order valence-electron chi connectivity index (χ0n) is 9.69. The summed E-state index contributed by atoms with van der Waals surface area (Å²) >= 11 is 2.03. The molecule has 2 atom stereocenters. The van der Waals surface area contributed by atoms with Crippen LogP contribution in [0.3, 0.4) is 0 Å². The molecule has 2 N–H and O–H groups in total. The van der Waals surface area contributed by atoms with Gasteiger partial charge in [-0.25, -0.2) is 0 Å². The van der Waals surface area contributed by atoms with Crippen LogP contribution in [0.5, 0.6) is 0 Å². The molecule has 1 heterocycles. The van der Waals surface area contributed by atoms with Crippen molar-refractivity contribution in [3.8, 4) is 0 Å². The summed E-state index contributed by atoms with van der Waals surface area (Å²) in [7, 11) is 0. The first-order chi connectivity index (χ1) is 6.71. The topological polar surface area (TPSA) is 56.6 Å². The molecule has 0 radical (unpaired) electrons. The first-order valence-corrected chi connectivity index (χ1v) is 6.64. The molecule has 0 aromatic heterocycles. The van der Waals surface area contributed by atoms with Gasteiger partial charge in [-0.3, -0.25) is 4.79 Å². The molecule has 88 valence electrons. The summed E-state index contributed by atoms with van der Waals surface area (Å²) in [5.41, 5.74) is -0.752. The van der Waals surface area contributed by atoms with Gasteiger partial charge in [0.2, 0.25) is 5.91 Å². The lowest BCUT2D eigenvalue weighted by molar-refractivity contribution is -0.932. The Kier molecular flexibility index (Phi) is 3.67. The SMILES string of the molecule is CC1(C)CC(NC(=O)CI)C(C)(C)[NH+]1[O-]. The van der Waals surface area contributed by atoms with Gasteiger partial charge in [-0.15, -0.1) is 0 Å². The number of rotatable bonds is 2. The van der Waals surface area contributed by atoms with Crippen LogP contribution < -0.4 is 10.4 Å². The highest BCUT2D eigenvalue weighted by atomic mass is 127. The van der Waals surface area contributed by atoms with E-state index in [0.29, 0.717) is 4.43 Å². The van der Waals surface area contributed by atoms with Crippen molar-refractivity contribution in [1.82, 2.24) is 5.32 Å². The Hall–Kier alpha value is 0.120. The van der Waals surface area contributed by atoms with Gasteiger partial charge in [0.25, 0.3) is 0 Å². The van der Waals surface area contributed by atoms with Crippen molar-refractivity contribution in [2.45, 2.75) is 51.2 Å². The predicted octanol–water partition coefficient (Wildman–Crippen LogP) is 0.250. The maximum atomic E-state index is 12.1. The molecule has 4 nitrogen and oxygen atoms in total. The molecule has 0 spiro atoms. The number of quaternary nitrogens is 1. The monoisotopic (exact) mass is 326 g/mol. The van der Waals surface area contributed by atoms with Crippen molar-refractivity contribution < 1.29 is 9.86 Å². The van der Waals surface area contributed by atoms with Gasteiger partial charge >= 0.3 is 0 Å². The Labute approximate surface area is 104 Å². The normalized spacial score (nSPS) is 32.7. The molecule has 0 aliphatic carbocycles. The minimum Gasteiger partial charge on any atom is -0.633 e. The standard InChI is InChI=1S/C10H19IN2O2/c1-9(2)5-7(12-8(14)6-11)10(3,4)13(9)15/h7,13H,5-6H2,1-4H3,(H,12,14). The molecule has 1 rings (SSSR count). The van der Waals surface area contributed by atoms with Crippen molar-refractivity contribution in [3.63, 3.8) is 0 Å². The Bertz CT molecular complexity index is 266. The van der Waals surface area contributed by atoms with Crippen LogP contribution in [0.25, 0.3) is 0 Å². The molecule has 0 bridgehead atoms. The van der Waals surface area contributed by atoms with Crippen LogP contribution in [-0.2, 0) is 4.79 Å². The van der Waals surface area contributed by atoms with Gasteiger partial charge in [-0.05, 0) is 27.7 Å². The number of hydroxylamine groups is 2. The number of amides is 1. The number of hydrogen-bond donors (Lipinski definition) is 2. The van der Waals surface area contributed by atoms with Crippen LogP contribution >= 0.6 is 22.6 Å². The van der Waals surface area contributed by atoms with E-state index in [-0.39, 0.29) is 22.6 Å². The summed E-state index contributed by atoms with van der Waals surface area (Å²) in [6.45, 7) is 7.74. The summed E-state index contributed by atoms with van der Waals surface area (Å²) < 4.78 is 0.443. The average molecular weight is 326 g/mol. The number of hydrogen-bond acceptors (Lipinski definition) is 2. The van der Waals surface area contributed by atoms with E-state index in [4.69, 9.17) is 0 Å². The Morgan fingerprint density at radius 1 is 1.53 bits per heavy atom. The van der Waals surface area contributed by atoms with Crippen LogP contribution in [-0.4, -0.2) is 27.5 Å². The summed E-state index contributed by atoms with van der Waals surface area (Å²) in [5, 5.41) is 15.3. The lowest BCUT2D eigenvalue weighted by Crippen LogP contribution is -3.20. The molecule has 0 aromatic carbocycles. The molecule has 1 amide bonds. The summed E-state index contributed by atoms with van der Waals surface area (Å²) in [6.07, 6.45) is 0.737. The second kappa shape index (κ2) is 4.18. The van der Waals surface area contributed by atoms with E-state index in [1.165, 1.54) is 0 Å². The fraction of sp³-hybridized carbons (Fsp3) is 0.900. The van der Waals surface area contributed by atoms with E-state index >= 15 is 0 Å². The second-order valence-corrected chi connectivity index (χ2v) is 6.16. The summed E-state index contributed by atoms with van der Waals surface area (Å²) in [5.74, 6) is 0.0131. The van der Waals surface area contributed by atoms with Gasteiger partial charge in [0.05, 0.1) is 16.0 Å². The van der Waals surface area contributed by atoms with E-state index in [2.05, 4.69) is 5.32 Å². The van der Waals surface area contributed by atoms with Crippen LogP contribution in [0.4, 0.5) is 0 Å². The lowest BCUT2D eigenvalue weighted by atomic mass is 9.94. The van der Waals surface area contributed by atoms with Gasteiger partial charge < -0.3 is 15.6 Å². The van der Waals surface area contributed by atoms with E-state index in [0.717, 1.165) is 6.42 Å². The quantitative estimate of drug-likeness (QED) is 0.434. The third-order valence-electron chi connectivity index (χ3n) is 3.24. The summed E-state index contributed by atoms with van der Waals surface area (Å²) in [6, 6.07) is -0.0257.